The van der Waals surface area contributed by atoms with Crippen LogP contribution in [0.2, 0.25) is 0 Å². The van der Waals surface area contributed by atoms with Crippen LogP contribution in [-0.4, -0.2) is 25.3 Å². The number of nitrogen functional groups attached to an aromatic ring is 1. The number of amides is 1. The second kappa shape index (κ2) is 9.45. The van der Waals surface area contributed by atoms with E-state index in [1.54, 1.807) is 18.2 Å². The smallest absolute Gasteiger partial charge is 0.416 e. The lowest BCUT2D eigenvalue weighted by Crippen LogP contribution is -2.24. The third-order valence-corrected chi connectivity index (χ3v) is 5.19. The predicted molar refractivity (Wildman–Crippen MR) is 120 cm³/mol. The average molecular weight is 487 g/mol. The van der Waals surface area contributed by atoms with E-state index >= 15 is 0 Å². The first kappa shape index (κ1) is 23.7. The second-order valence-electron chi connectivity index (χ2n) is 7.37. The zero-order chi connectivity index (χ0) is 25.2. The number of anilines is 1. The number of nitrogens with zero attached hydrogens (tertiary/aromatic N) is 1. The highest BCUT2D eigenvalue weighted by Gasteiger charge is 2.31. The fourth-order valence-electron chi connectivity index (χ4n) is 3.42. The van der Waals surface area contributed by atoms with Crippen LogP contribution in [0.15, 0.2) is 63.5 Å². The Bertz CT molecular complexity index is 1360. The molecular formula is C24H20F3N3O5. The Morgan fingerprint density at radius 3 is 2.54 bits per heavy atom. The lowest BCUT2D eigenvalue weighted by molar-refractivity contribution is -0.137. The molecule has 4 rings (SSSR count). The molecule has 1 amide bonds. The summed E-state index contributed by atoms with van der Waals surface area (Å²) < 4.78 is 60.3. The third-order valence-electron chi connectivity index (χ3n) is 5.19. The van der Waals surface area contributed by atoms with E-state index < -0.39 is 17.6 Å². The topological polar surface area (TPSA) is 113 Å². The number of hydrogen-bond donors (Lipinski definition) is 2. The lowest BCUT2D eigenvalue weighted by atomic mass is 10.1. The Hall–Kier alpha value is -4.41. The minimum Gasteiger partial charge on any atom is -0.497 e. The summed E-state index contributed by atoms with van der Waals surface area (Å²) >= 11 is 0. The highest BCUT2D eigenvalue weighted by Crippen LogP contribution is 2.35. The SMILES string of the molecule is COc1ccc(CNC(=O)c2c(-c3ccc(-c4cccc(C(F)(F)F)c4)o3)noc2N)c(OC)c1. The molecule has 2 aromatic carbocycles. The van der Waals surface area contributed by atoms with Crippen LogP contribution in [0.4, 0.5) is 19.1 Å². The minimum absolute atomic E-state index is 0.0138. The maximum absolute atomic E-state index is 13.1. The van der Waals surface area contributed by atoms with E-state index in [1.165, 1.54) is 38.5 Å². The van der Waals surface area contributed by atoms with Gasteiger partial charge in [0.25, 0.3) is 5.91 Å². The summed E-state index contributed by atoms with van der Waals surface area (Å²) in [5.41, 5.74) is 5.86. The minimum atomic E-state index is -4.50. The van der Waals surface area contributed by atoms with Gasteiger partial charge in [-0.05, 0) is 36.4 Å². The summed E-state index contributed by atoms with van der Waals surface area (Å²) in [6, 6.07) is 12.8. The molecule has 0 spiro atoms. The number of halogens is 3. The van der Waals surface area contributed by atoms with Crippen LogP contribution >= 0.6 is 0 Å². The Balaban J connectivity index is 1.57. The number of carbonyl (C=O) groups is 1. The molecule has 0 aliphatic carbocycles. The number of methoxy groups -OCH3 is 2. The normalized spacial score (nSPS) is 11.3. The first-order valence-corrected chi connectivity index (χ1v) is 10.2. The summed E-state index contributed by atoms with van der Waals surface area (Å²) in [6.07, 6.45) is -4.50. The molecule has 0 unspecified atom stereocenters. The van der Waals surface area contributed by atoms with Crippen LogP contribution in [0.5, 0.6) is 11.5 Å². The van der Waals surface area contributed by atoms with E-state index in [1.807, 2.05) is 0 Å². The number of benzene rings is 2. The fourth-order valence-corrected chi connectivity index (χ4v) is 3.42. The third kappa shape index (κ3) is 4.93. The monoisotopic (exact) mass is 487 g/mol. The number of aromatic nitrogens is 1. The molecule has 0 saturated carbocycles. The van der Waals surface area contributed by atoms with Crippen molar-refractivity contribution >= 4 is 11.8 Å². The first-order valence-electron chi connectivity index (χ1n) is 10.2. The standard InChI is InChI=1S/C24H20F3N3O5/c1-32-16-7-6-14(19(11-16)33-2)12-29-23(31)20-21(30-35-22(20)28)18-9-8-17(34-18)13-4-3-5-15(10-13)24(25,26)27/h3-11H,12,28H2,1-2H3,(H,29,31). The molecule has 2 aromatic heterocycles. The Labute approximate surface area is 197 Å². The largest absolute Gasteiger partial charge is 0.497 e. The maximum atomic E-state index is 13.1. The summed E-state index contributed by atoms with van der Waals surface area (Å²) in [4.78, 5) is 12.9. The number of rotatable bonds is 7. The van der Waals surface area contributed by atoms with Gasteiger partial charge >= 0.3 is 6.18 Å². The van der Waals surface area contributed by atoms with Gasteiger partial charge in [0.05, 0.1) is 19.8 Å². The molecule has 35 heavy (non-hydrogen) atoms. The summed E-state index contributed by atoms with van der Waals surface area (Å²) in [5, 5.41) is 6.53. The highest BCUT2D eigenvalue weighted by atomic mass is 19.4. The summed E-state index contributed by atoms with van der Waals surface area (Å²) in [5.74, 6) is 0.536. The zero-order valence-electron chi connectivity index (χ0n) is 18.6. The van der Waals surface area contributed by atoms with Gasteiger partial charge in [-0.3, -0.25) is 4.79 Å². The Kier molecular flexibility index (Phi) is 6.41. The predicted octanol–water partition coefficient (Wildman–Crippen LogP) is 5.15. The van der Waals surface area contributed by atoms with Crippen LogP contribution in [0.25, 0.3) is 22.8 Å². The van der Waals surface area contributed by atoms with E-state index in [4.69, 9.17) is 24.1 Å². The van der Waals surface area contributed by atoms with E-state index in [0.717, 1.165) is 12.1 Å². The summed E-state index contributed by atoms with van der Waals surface area (Å²) in [7, 11) is 3.02. The van der Waals surface area contributed by atoms with Gasteiger partial charge in [0, 0.05) is 23.7 Å². The zero-order valence-corrected chi connectivity index (χ0v) is 18.6. The van der Waals surface area contributed by atoms with Crippen molar-refractivity contribution in [1.82, 2.24) is 10.5 Å². The molecule has 0 aliphatic heterocycles. The van der Waals surface area contributed by atoms with Crippen molar-refractivity contribution in [3.8, 4) is 34.3 Å². The van der Waals surface area contributed by atoms with Crippen molar-refractivity contribution < 1.29 is 36.4 Å². The van der Waals surface area contributed by atoms with Gasteiger partial charge in [-0.1, -0.05) is 17.3 Å². The number of hydrogen-bond acceptors (Lipinski definition) is 7. The molecule has 4 aromatic rings. The van der Waals surface area contributed by atoms with E-state index in [-0.39, 0.29) is 40.8 Å². The first-order chi connectivity index (χ1) is 16.7. The van der Waals surface area contributed by atoms with Crippen molar-refractivity contribution in [2.75, 3.05) is 20.0 Å². The lowest BCUT2D eigenvalue weighted by Gasteiger charge is -2.11. The molecule has 182 valence electrons. The number of nitrogens with one attached hydrogen (secondary N) is 1. The fraction of sp³-hybridized carbons (Fsp3) is 0.167. The van der Waals surface area contributed by atoms with Gasteiger partial charge in [-0.25, -0.2) is 0 Å². The van der Waals surface area contributed by atoms with Crippen molar-refractivity contribution in [2.45, 2.75) is 12.7 Å². The Morgan fingerprint density at radius 2 is 1.83 bits per heavy atom. The molecular weight excluding hydrogens is 467 g/mol. The molecule has 2 heterocycles. The molecule has 0 radical (unpaired) electrons. The van der Waals surface area contributed by atoms with E-state index in [9.17, 15) is 18.0 Å². The van der Waals surface area contributed by atoms with Crippen molar-refractivity contribution in [3.63, 3.8) is 0 Å². The van der Waals surface area contributed by atoms with Gasteiger partial charge in [-0.15, -0.1) is 0 Å². The van der Waals surface area contributed by atoms with Crippen LogP contribution < -0.4 is 20.5 Å². The molecule has 8 nitrogen and oxygen atoms in total. The Morgan fingerprint density at radius 1 is 1.06 bits per heavy atom. The van der Waals surface area contributed by atoms with Gasteiger partial charge < -0.3 is 29.5 Å². The van der Waals surface area contributed by atoms with Crippen molar-refractivity contribution in [3.05, 3.63) is 71.3 Å². The van der Waals surface area contributed by atoms with Crippen molar-refractivity contribution in [2.24, 2.45) is 0 Å². The van der Waals surface area contributed by atoms with E-state index in [2.05, 4.69) is 10.5 Å². The summed E-state index contributed by atoms with van der Waals surface area (Å²) in [6.45, 7) is 0.101. The van der Waals surface area contributed by atoms with Crippen LogP contribution in [0, 0.1) is 0 Å². The molecule has 0 fully saturated rings. The number of furan rings is 1. The number of ether oxygens (including phenoxy) is 2. The molecule has 0 bridgehead atoms. The molecule has 3 N–H and O–H groups in total. The van der Waals surface area contributed by atoms with Gasteiger partial charge in [0.1, 0.15) is 22.8 Å². The van der Waals surface area contributed by atoms with Gasteiger partial charge in [0.2, 0.25) is 5.88 Å². The number of carbonyl (C=O) groups excluding carboxylic acids is 1. The molecule has 0 atom stereocenters. The quantitative estimate of drug-likeness (QED) is 0.371. The molecule has 0 saturated heterocycles. The number of nitrogens with two attached hydrogens (primary N) is 1. The van der Waals surface area contributed by atoms with Crippen LogP contribution in [0.3, 0.4) is 0 Å². The molecule has 11 heteroatoms. The van der Waals surface area contributed by atoms with Gasteiger partial charge in [-0.2, -0.15) is 13.2 Å². The second-order valence-corrected chi connectivity index (χ2v) is 7.37. The molecule has 0 aliphatic rings. The average Bonchev–Trinajstić information content (AvgIpc) is 3.49. The highest BCUT2D eigenvalue weighted by molar-refractivity contribution is 6.03. The maximum Gasteiger partial charge on any atom is 0.416 e. The van der Waals surface area contributed by atoms with Crippen molar-refractivity contribution in [1.29, 1.82) is 0 Å². The van der Waals surface area contributed by atoms with Crippen LogP contribution in [-0.2, 0) is 12.7 Å². The number of alkyl halides is 3. The van der Waals surface area contributed by atoms with Crippen LogP contribution in [0.1, 0.15) is 21.5 Å². The van der Waals surface area contributed by atoms with Gasteiger partial charge in [0.15, 0.2) is 11.5 Å². The van der Waals surface area contributed by atoms with E-state index in [0.29, 0.717) is 17.1 Å².